The minimum atomic E-state index is -0.00101. The van der Waals surface area contributed by atoms with Gasteiger partial charge >= 0.3 is 0 Å². The molecule has 2 aromatic carbocycles. The molecule has 1 heterocycles. The largest absolute Gasteiger partial charge is 0.496 e. The van der Waals surface area contributed by atoms with Crippen LogP contribution in [0.15, 0.2) is 30.3 Å². The van der Waals surface area contributed by atoms with Crippen molar-refractivity contribution in [1.82, 2.24) is 4.90 Å². The van der Waals surface area contributed by atoms with E-state index in [1.165, 1.54) is 16.7 Å². The van der Waals surface area contributed by atoms with Crippen LogP contribution in [0.1, 0.15) is 79.6 Å². The molecule has 29 heavy (non-hydrogen) atoms. The minimum absolute atomic E-state index is 0.00101. The van der Waals surface area contributed by atoms with Crippen LogP contribution in [0.4, 0.5) is 0 Å². The molecule has 0 unspecified atom stereocenters. The average molecular weight is 396 g/mol. The number of fused-ring (bicyclic) bond motifs is 1. The zero-order valence-corrected chi connectivity index (χ0v) is 18.8. The Balaban J connectivity index is 1.92. The first kappa shape index (κ1) is 21.2. The van der Waals surface area contributed by atoms with Gasteiger partial charge in [0, 0.05) is 19.2 Å². The Morgan fingerprint density at radius 1 is 1.03 bits per heavy atom. The van der Waals surface area contributed by atoms with Crippen LogP contribution in [-0.2, 0) is 18.5 Å². The van der Waals surface area contributed by atoms with Crippen molar-refractivity contribution in [2.75, 3.05) is 14.2 Å². The van der Waals surface area contributed by atoms with E-state index in [0.29, 0.717) is 24.4 Å². The minimum Gasteiger partial charge on any atom is -0.496 e. The molecule has 2 aromatic rings. The van der Waals surface area contributed by atoms with Gasteiger partial charge in [-0.3, -0.25) is 4.79 Å². The third kappa shape index (κ3) is 3.98. The lowest BCUT2D eigenvalue weighted by Gasteiger charge is -2.24. The molecule has 0 spiro atoms. The van der Waals surface area contributed by atoms with Crippen LogP contribution < -0.4 is 9.47 Å². The number of benzene rings is 2. The van der Waals surface area contributed by atoms with Gasteiger partial charge in [0.15, 0.2) is 0 Å². The zero-order chi connectivity index (χ0) is 21.3. The highest BCUT2D eigenvalue weighted by Crippen LogP contribution is 2.36. The number of ether oxygens (including phenoxy) is 2. The molecule has 156 valence electrons. The Labute approximate surface area is 174 Å². The van der Waals surface area contributed by atoms with Crippen LogP contribution in [-0.4, -0.2) is 25.0 Å². The molecule has 1 aliphatic heterocycles. The van der Waals surface area contributed by atoms with E-state index in [9.17, 15) is 4.79 Å². The molecule has 0 atom stereocenters. The fourth-order valence-electron chi connectivity index (χ4n) is 3.88. The quantitative estimate of drug-likeness (QED) is 0.632. The summed E-state index contributed by atoms with van der Waals surface area (Å²) in [5.74, 6) is 1.56. The number of methoxy groups -OCH3 is 2. The maximum Gasteiger partial charge on any atom is 0.258 e. The number of rotatable bonds is 6. The Bertz CT molecular complexity index is 915. The Hall–Kier alpha value is -2.49. The number of nitrogens with zero attached hydrogens (tertiary/aromatic N) is 1. The van der Waals surface area contributed by atoms with E-state index in [-0.39, 0.29) is 17.2 Å². The standard InChI is InChI=1S/C25H33NO3/c1-8-25(4,5)19-10-9-17-14-26(15-18(17)11-19)24(27)21-12-20(16(2)3)22(28-6)13-23(21)29-7/h9-13,16H,8,14-15H2,1-7H3. The second-order valence-electron chi connectivity index (χ2n) is 8.83. The Kier molecular flexibility index (Phi) is 5.92. The van der Waals surface area contributed by atoms with Crippen molar-refractivity contribution < 1.29 is 14.3 Å². The summed E-state index contributed by atoms with van der Waals surface area (Å²) in [5, 5.41) is 0. The predicted molar refractivity (Wildman–Crippen MR) is 117 cm³/mol. The molecule has 0 aliphatic carbocycles. The molecule has 0 saturated heterocycles. The highest BCUT2D eigenvalue weighted by Gasteiger charge is 2.29. The predicted octanol–water partition coefficient (Wildman–Crippen LogP) is 5.67. The summed E-state index contributed by atoms with van der Waals surface area (Å²) in [4.78, 5) is 15.3. The lowest BCUT2D eigenvalue weighted by Crippen LogP contribution is -2.26. The van der Waals surface area contributed by atoms with Gasteiger partial charge in [-0.15, -0.1) is 0 Å². The lowest BCUT2D eigenvalue weighted by molar-refractivity contribution is 0.0747. The summed E-state index contributed by atoms with van der Waals surface area (Å²) >= 11 is 0. The Morgan fingerprint density at radius 2 is 1.69 bits per heavy atom. The molecule has 1 amide bonds. The lowest BCUT2D eigenvalue weighted by atomic mass is 9.81. The number of amides is 1. The van der Waals surface area contributed by atoms with Crippen molar-refractivity contribution in [3.63, 3.8) is 0 Å². The van der Waals surface area contributed by atoms with Crippen LogP contribution >= 0.6 is 0 Å². The first-order valence-electron chi connectivity index (χ1n) is 10.4. The fourth-order valence-corrected chi connectivity index (χ4v) is 3.88. The molecule has 0 N–H and O–H groups in total. The molecular formula is C25H33NO3. The van der Waals surface area contributed by atoms with E-state index >= 15 is 0 Å². The third-order valence-corrected chi connectivity index (χ3v) is 6.29. The van der Waals surface area contributed by atoms with Gasteiger partial charge in [0.05, 0.1) is 19.8 Å². The highest BCUT2D eigenvalue weighted by atomic mass is 16.5. The highest BCUT2D eigenvalue weighted by molar-refractivity contribution is 5.97. The first-order chi connectivity index (χ1) is 13.7. The number of hydrogen-bond donors (Lipinski definition) is 0. The molecule has 4 nitrogen and oxygen atoms in total. The second-order valence-corrected chi connectivity index (χ2v) is 8.83. The van der Waals surface area contributed by atoms with Crippen LogP contribution in [0.5, 0.6) is 11.5 Å². The van der Waals surface area contributed by atoms with Crippen LogP contribution in [0.25, 0.3) is 0 Å². The number of hydrogen-bond acceptors (Lipinski definition) is 3. The summed E-state index contributed by atoms with van der Waals surface area (Å²) in [6.45, 7) is 12.2. The van der Waals surface area contributed by atoms with Crippen molar-refractivity contribution >= 4 is 5.91 Å². The molecule has 0 fully saturated rings. The van der Waals surface area contributed by atoms with Gasteiger partial charge in [-0.05, 0) is 46.1 Å². The zero-order valence-electron chi connectivity index (χ0n) is 18.8. The molecule has 3 rings (SSSR count). The van der Waals surface area contributed by atoms with Gasteiger partial charge in [-0.25, -0.2) is 0 Å². The summed E-state index contributed by atoms with van der Waals surface area (Å²) < 4.78 is 11.0. The fraction of sp³-hybridized carbons (Fsp3) is 0.480. The van der Waals surface area contributed by atoms with Crippen LogP contribution in [0.2, 0.25) is 0 Å². The van der Waals surface area contributed by atoms with E-state index in [0.717, 1.165) is 17.7 Å². The maximum atomic E-state index is 13.4. The van der Waals surface area contributed by atoms with Gasteiger partial charge < -0.3 is 14.4 Å². The molecular weight excluding hydrogens is 362 g/mol. The third-order valence-electron chi connectivity index (χ3n) is 6.29. The number of carbonyl (C=O) groups is 1. The summed E-state index contributed by atoms with van der Waals surface area (Å²) in [6, 6.07) is 10.4. The van der Waals surface area contributed by atoms with Crippen molar-refractivity contribution in [2.45, 2.75) is 65.5 Å². The SMILES string of the molecule is CCC(C)(C)c1ccc2c(c1)CN(C(=O)c1cc(C(C)C)c(OC)cc1OC)C2. The summed E-state index contributed by atoms with van der Waals surface area (Å²) in [6.07, 6.45) is 1.08. The van der Waals surface area contributed by atoms with Crippen molar-refractivity contribution in [3.8, 4) is 11.5 Å². The van der Waals surface area contributed by atoms with Gasteiger partial charge in [0.1, 0.15) is 11.5 Å². The van der Waals surface area contributed by atoms with Gasteiger partial charge in [0.2, 0.25) is 0 Å². The topological polar surface area (TPSA) is 38.8 Å². The maximum absolute atomic E-state index is 13.4. The van der Waals surface area contributed by atoms with Crippen molar-refractivity contribution in [1.29, 1.82) is 0 Å². The van der Waals surface area contributed by atoms with E-state index in [1.54, 1.807) is 14.2 Å². The van der Waals surface area contributed by atoms with Crippen molar-refractivity contribution in [2.24, 2.45) is 0 Å². The molecule has 0 bridgehead atoms. The van der Waals surface area contributed by atoms with Crippen molar-refractivity contribution in [3.05, 3.63) is 58.1 Å². The Morgan fingerprint density at radius 3 is 2.28 bits per heavy atom. The smallest absolute Gasteiger partial charge is 0.258 e. The van der Waals surface area contributed by atoms with Gasteiger partial charge in [0.25, 0.3) is 5.91 Å². The van der Waals surface area contributed by atoms with Crippen LogP contribution in [0.3, 0.4) is 0 Å². The first-order valence-corrected chi connectivity index (χ1v) is 10.4. The average Bonchev–Trinajstić information content (AvgIpc) is 3.15. The molecule has 0 aromatic heterocycles. The molecule has 0 radical (unpaired) electrons. The summed E-state index contributed by atoms with van der Waals surface area (Å²) in [7, 11) is 3.24. The monoisotopic (exact) mass is 395 g/mol. The second kappa shape index (κ2) is 8.10. The van der Waals surface area contributed by atoms with E-state index in [4.69, 9.17) is 9.47 Å². The molecule has 4 heteroatoms. The van der Waals surface area contributed by atoms with E-state index in [1.807, 2.05) is 17.0 Å². The van der Waals surface area contributed by atoms with Gasteiger partial charge in [-0.1, -0.05) is 52.8 Å². The molecule has 1 aliphatic rings. The molecule has 0 saturated carbocycles. The summed E-state index contributed by atoms with van der Waals surface area (Å²) in [5.41, 5.74) is 5.55. The normalized spacial score (nSPS) is 13.6. The number of carbonyl (C=O) groups excluding carboxylic acids is 1. The van der Waals surface area contributed by atoms with E-state index in [2.05, 4.69) is 52.8 Å². The van der Waals surface area contributed by atoms with Gasteiger partial charge in [-0.2, -0.15) is 0 Å². The van der Waals surface area contributed by atoms with E-state index < -0.39 is 0 Å². The van der Waals surface area contributed by atoms with Crippen LogP contribution in [0, 0.1) is 0 Å².